The average Bonchev–Trinajstić information content (AvgIpc) is 3.00. The minimum Gasteiger partial charge on any atom is -0.387 e. The fourth-order valence-corrected chi connectivity index (χ4v) is 2.97. The van der Waals surface area contributed by atoms with Crippen molar-refractivity contribution in [3.63, 3.8) is 0 Å². The van der Waals surface area contributed by atoms with E-state index in [1.54, 1.807) is 11.1 Å². The molecule has 2 N–H and O–H groups in total. The van der Waals surface area contributed by atoms with E-state index >= 15 is 0 Å². The summed E-state index contributed by atoms with van der Waals surface area (Å²) in [5.41, 5.74) is 1.53. The van der Waals surface area contributed by atoms with E-state index in [-0.39, 0.29) is 23.8 Å². The van der Waals surface area contributed by atoms with Gasteiger partial charge in [0, 0.05) is 18.7 Å². The van der Waals surface area contributed by atoms with Crippen LogP contribution < -0.4 is 10.6 Å². The summed E-state index contributed by atoms with van der Waals surface area (Å²) < 4.78 is 0. The van der Waals surface area contributed by atoms with Gasteiger partial charge in [-0.1, -0.05) is 13.8 Å². The van der Waals surface area contributed by atoms with Gasteiger partial charge >= 0.3 is 0 Å². The Bertz CT molecular complexity index is 551. The van der Waals surface area contributed by atoms with Crippen molar-refractivity contribution in [3.05, 3.63) is 23.4 Å². The van der Waals surface area contributed by atoms with E-state index in [2.05, 4.69) is 10.6 Å². The third-order valence-electron chi connectivity index (χ3n) is 4.44. The van der Waals surface area contributed by atoms with Crippen LogP contribution in [0, 0.1) is 5.92 Å². The Balaban J connectivity index is 2.12. The number of carbonyl (C=O) groups excluding carboxylic acids is 3. The highest BCUT2D eigenvalue weighted by molar-refractivity contribution is 5.98. The number of hydrogen-bond donors (Lipinski definition) is 2. The van der Waals surface area contributed by atoms with Crippen LogP contribution in [0.4, 0.5) is 0 Å². The number of likely N-dealkylation sites (tertiary alicyclic amines) is 1. The second-order valence-electron chi connectivity index (χ2n) is 6.45. The molecule has 0 radical (unpaired) electrons. The molecule has 0 aromatic heterocycles. The molecule has 0 aromatic rings. The van der Waals surface area contributed by atoms with Gasteiger partial charge in [0.15, 0.2) is 0 Å². The van der Waals surface area contributed by atoms with E-state index in [9.17, 15) is 14.4 Å². The van der Waals surface area contributed by atoms with E-state index < -0.39 is 6.04 Å². The first-order chi connectivity index (χ1) is 11.0. The summed E-state index contributed by atoms with van der Waals surface area (Å²) in [7, 11) is 0. The SMILES string of the molecule is CC1=C(C(=O)N[C@H](C(=O)N2CCC[C@H]2C=O)C(C)C)CNC=C1. The van der Waals surface area contributed by atoms with Crippen molar-refractivity contribution in [2.24, 2.45) is 5.92 Å². The van der Waals surface area contributed by atoms with Gasteiger partial charge in [-0.05, 0) is 43.5 Å². The van der Waals surface area contributed by atoms with Gasteiger partial charge in [-0.2, -0.15) is 0 Å². The summed E-state index contributed by atoms with van der Waals surface area (Å²) in [6.45, 7) is 6.70. The quantitative estimate of drug-likeness (QED) is 0.733. The van der Waals surface area contributed by atoms with Gasteiger partial charge in [0.2, 0.25) is 11.8 Å². The summed E-state index contributed by atoms with van der Waals surface area (Å²) in [4.78, 5) is 38.0. The molecule has 6 nitrogen and oxygen atoms in total. The third kappa shape index (κ3) is 3.81. The van der Waals surface area contributed by atoms with Crippen LogP contribution in [0.25, 0.3) is 0 Å². The van der Waals surface area contributed by atoms with E-state index in [1.807, 2.05) is 26.8 Å². The zero-order chi connectivity index (χ0) is 17.0. The number of amides is 2. The largest absolute Gasteiger partial charge is 0.387 e. The van der Waals surface area contributed by atoms with Crippen LogP contribution in [0.2, 0.25) is 0 Å². The zero-order valence-corrected chi connectivity index (χ0v) is 14.0. The van der Waals surface area contributed by atoms with Gasteiger partial charge in [-0.15, -0.1) is 0 Å². The minimum absolute atomic E-state index is 0.0488. The predicted octanol–water partition coefficient (Wildman–Crippen LogP) is 0.750. The van der Waals surface area contributed by atoms with E-state index in [0.29, 0.717) is 25.1 Å². The van der Waals surface area contributed by atoms with Crippen LogP contribution in [0.5, 0.6) is 0 Å². The van der Waals surface area contributed by atoms with Gasteiger partial charge in [0.1, 0.15) is 12.3 Å². The molecule has 0 bridgehead atoms. The first kappa shape index (κ1) is 17.2. The Morgan fingerprint density at radius 3 is 2.78 bits per heavy atom. The molecule has 0 saturated carbocycles. The lowest BCUT2D eigenvalue weighted by atomic mass is 10.0. The highest BCUT2D eigenvalue weighted by atomic mass is 16.2. The Hall–Kier alpha value is -2.11. The molecule has 1 saturated heterocycles. The maximum atomic E-state index is 12.8. The molecular formula is C17H25N3O3. The van der Waals surface area contributed by atoms with Gasteiger partial charge in [-0.3, -0.25) is 9.59 Å². The maximum Gasteiger partial charge on any atom is 0.249 e. The third-order valence-corrected chi connectivity index (χ3v) is 4.44. The standard InChI is InChI=1S/C17H25N3O3/c1-11(2)15(17(23)20-8-4-5-13(20)10-21)19-16(22)14-9-18-7-6-12(14)3/h6-7,10-11,13,15,18H,4-5,8-9H2,1-3H3,(H,19,22)/t13-,15-/m0/s1. The van der Waals surface area contributed by atoms with Gasteiger partial charge < -0.3 is 20.3 Å². The zero-order valence-electron chi connectivity index (χ0n) is 14.0. The molecule has 1 fully saturated rings. The number of nitrogens with one attached hydrogen (secondary N) is 2. The molecule has 126 valence electrons. The first-order valence-corrected chi connectivity index (χ1v) is 8.12. The highest BCUT2D eigenvalue weighted by Gasteiger charge is 2.35. The Morgan fingerprint density at radius 2 is 2.17 bits per heavy atom. The molecule has 2 rings (SSSR count). The van der Waals surface area contributed by atoms with Gasteiger partial charge in [-0.25, -0.2) is 0 Å². The molecule has 0 aliphatic carbocycles. The topological polar surface area (TPSA) is 78.5 Å². The summed E-state index contributed by atoms with van der Waals surface area (Å²) >= 11 is 0. The lowest BCUT2D eigenvalue weighted by molar-refractivity contribution is -0.139. The second-order valence-corrected chi connectivity index (χ2v) is 6.45. The minimum atomic E-state index is -0.616. The fraction of sp³-hybridized carbons (Fsp3) is 0.588. The van der Waals surface area contributed by atoms with E-state index in [4.69, 9.17) is 0 Å². The number of aldehydes is 1. The normalized spacial score (nSPS) is 22.1. The number of nitrogens with zero attached hydrogens (tertiary/aromatic N) is 1. The van der Waals surface area contributed by atoms with Crippen molar-refractivity contribution in [3.8, 4) is 0 Å². The smallest absolute Gasteiger partial charge is 0.249 e. The molecular weight excluding hydrogens is 294 g/mol. The number of rotatable bonds is 5. The average molecular weight is 319 g/mol. The maximum absolute atomic E-state index is 12.8. The van der Waals surface area contributed by atoms with Crippen LogP contribution in [-0.2, 0) is 14.4 Å². The monoisotopic (exact) mass is 319 g/mol. The molecule has 0 unspecified atom stereocenters. The van der Waals surface area contributed by atoms with Crippen molar-refractivity contribution in [2.45, 2.75) is 45.7 Å². The van der Waals surface area contributed by atoms with Crippen LogP contribution >= 0.6 is 0 Å². The summed E-state index contributed by atoms with van der Waals surface area (Å²) in [6.07, 6.45) is 6.00. The Morgan fingerprint density at radius 1 is 1.43 bits per heavy atom. The lowest BCUT2D eigenvalue weighted by Gasteiger charge is -2.29. The van der Waals surface area contributed by atoms with Crippen molar-refractivity contribution in [2.75, 3.05) is 13.1 Å². The fourth-order valence-electron chi connectivity index (χ4n) is 2.97. The summed E-state index contributed by atoms with van der Waals surface area (Å²) in [5, 5.41) is 5.87. The second kappa shape index (κ2) is 7.44. The Labute approximate surface area is 137 Å². The number of allylic oxidation sites excluding steroid dienone is 2. The molecule has 6 heteroatoms. The van der Waals surface area contributed by atoms with Crippen LogP contribution in [0.3, 0.4) is 0 Å². The van der Waals surface area contributed by atoms with Crippen LogP contribution in [-0.4, -0.2) is 48.2 Å². The number of carbonyl (C=O) groups is 3. The molecule has 2 heterocycles. The van der Waals surface area contributed by atoms with Crippen LogP contribution in [0.15, 0.2) is 23.4 Å². The molecule has 2 amide bonds. The molecule has 23 heavy (non-hydrogen) atoms. The molecule has 2 aliphatic rings. The predicted molar refractivity (Wildman–Crippen MR) is 87.4 cm³/mol. The first-order valence-electron chi connectivity index (χ1n) is 8.12. The van der Waals surface area contributed by atoms with E-state index in [0.717, 1.165) is 18.3 Å². The lowest BCUT2D eigenvalue weighted by Crippen LogP contribution is -2.53. The molecule has 0 aromatic carbocycles. The van der Waals surface area contributed by atoms with E-state index in [1.165, 1.54) is 0 Å². The highest BCUT2D eigenvalue weighted by Crippen LogP contribution is 2.19. The molecule has 2 aliphatic heterocycles. The summed E-state index contributed by atoms with van der Waals surface area (Å²) in [6, 6.07) is -0.977. The molecule has 2 atom stereocenters. The van der Waals surface area contributed by atoms with Crippen molar-refractivity contribution >= 4 is 18.1 Å². The van der Waals surface area contributed by atoms with Crippen molar-refractivity contribution < 1.29 is 14.4 Å². The number of hydrogen-bond acceptors (Lipinski definition) is 4. The Kier molecular flexibility index (Phi) is 5.58. The van der Waals surface area contributed by atoms with Gasteiger partial charge in [0.05, 0.1) is 6.04 Å². The van der Waals surface area contributed by atoms with Crippen molar-refractivity contribution in [1.29, 1.82) is 0 Å². The molecule has 0 spiro atoms. The van der Waals surface area contributed by atoms with Crippen molar-refractivity contribution in [1.82, 2.24) is 15.5 Å². The van der Waals surface area contributed by atoms with Crippen LogP contribution in [0.1, 0.15) is 33.6 Å². The summed E-state index contributed by atoms with van der Waals surface area (Å²) in [5.74, 6) is -0.443. The van der Waals surface area contributed by atoms with Gasteiger partial charge in [0.25, 0.3) is 0 Å². The number of dihydropyridines is 1.